The Morgan fingerprint density at radius 3 is 2.38 bits per heavy atom. The van der Waals surface area contributed by atoms with Crippen LogP contribution in [0.4, 0.5) is 24.7 Å². The number of halogens is 3. The second kappa shape index (κ2) is 3.88. The molecule has 0 saturated carbocycles. The van der Waals surface area contributed by atoms with Gasteiger partial charge >= 0.3 is 6.18 Å². The lowest BCUT2D eigenvalue weighted by Crippen LogP contribution is -2.07. The van der Waals surface area contributed by atoms with Crippen molar-refractivity contribution in [3.8, 4) is 0 Å². The highest BCUT2D eigenvalue weighted by molar-refractivity contribution is 5.55. The van der Waals surface area contributed by atoms with Crippen molar-refractivity contribution >= 4 is 11.5 Å². The highest BCUT2D eigenvalue weighted by Gasteiger charge is 2.34. The van der Waals surface area contributed by atoms with Gasteiger partial charge in [0.05, 0.1) is 6.20 Å². The lowest BCUT2D eigenvalue weighted by atomic mass is 10.3. The summed E-state index contributed by atoms with van der Waals surface area (Å²) in [5, 5.41) is 2.78. The number of benzene rings is 1. The number of para-hydroxylation sites is 1. The van der Waals surface area contributed by atoms with E-state index in [1.54, 1.807) is 24.3 Å². The van der Waals surface area contributed by atoms with Crippen molar-refractivity contribution in [2.45, 2.75) is 6.18 Å². The van der Waals surface area contributed by atoms with Gasteiger partial charge in [-0.2, -0.15) is 13.2 Å². The Bertz CT molecular complexity index is 462. The highest BCUT2D eigenvalue weighted by atomic mass is 19.4. The van der Waals surface area contributed by atoms with Crippen LogP contribution < -0.4 is 5.32 Å². The summed E-state index contributed by atoms with van der Waals surface area (Å²) in [6.07, 6.45) is -3.34. The summed E-state index contributed by atoms with van der Waals surface area (Å²) in [4.78, 5) is 5.39. The summed E-state index contributed by atoms with van der Waals surface area (Å²) < 4.78 is 36.7. The molecule has 0 unspecified atom stereocenters. The van der Waals surface area contributed by atoms with Crippen LogP contribution in [0.2, 0.25) is 0 Å². The topological polar surface area (TPSA) is 40.7 Å². The molecule has 2 N–H and O–H groups in total. The molecule has 0 saturated heterocycles. The van der Waals surface area contributed by atoms with Gasteiger partial charge in [0, 0.05) is 5.69 Å². The van der Waals surface area contributed by atoms with Crippen molar-refractivity contribution < 1.29 is 13.2 Å². The maximum atomic E-state index is 12.2. The number of nitrogens with one attached hydrogen (secondary N) is 2. The summed E-state index contributed by atoms with van der Waals surface area (Å²) in [7, 11) is 0. The standard InChI is InChI=1S/C10H8F3N3/c11-10(12,13)9-14-6-8(16-9)15-7-4-2-1-3-5-7/h1-6,15H,(H,14,16). The van der Waals surface area contributed by atoms with Crippen molar-refractivity contribution in [2.24, 2.45) is 0 Å². The molecular weight excluding hydrogens is 219 g/mol. The quantitative estimate of drug-likeness (QED) is 0.827. The molecule has 84 valence electrons. The van der Waals surface area contributed by atoms with E-state index in [9.17, 15) is 13.2 Å². The third-order valence-corrected chi connectivity index (χ3v) is 1.90. The molecule has 0 aliphatic heterocycles. The fourth-order valence-electron chi connectivity index (χ4n) is 1.21. The Morgan fingerprint density at radius 1 is 1.12 bits per heavy atom. The third-order valence-electron chi connectivity index (χ3n) is 1.90. The van der Waals surface area contributed by atoms with Gasteiger partial charge in [0.25, 0.3) is 0 Å². The Hall–Kier alpha value is -1.98. The first-order valence-corrected chi connectivity index (χ1v) is 4.50. The Labute approximate surface area is 89.3 Å². The molecule has 0 atom stereocenters. The number of aromatic nitrogens is 2. The molecule has 2 rings (SSSR count). The second-order valence-electron chi connectivity index (χ2n) is 3.13. The van der Waals surface area contributed by atoms with E-state index in [0.717, 1.165) is 6.20 Å². The number of rotatable bonds is 2. The summed E-state index contributed by atoms with van der Waals surface area (Å²) >= 11 is 0. The first kappa shape index (κ1) is 10.5. The molecule has 0 radical (unpaired) electrons. The molecule has 3 nitrogen and oxygen atoms in total. The zero-order valence-corrected chi connectivity index (χ0v) is 8.05. The number of hydrogen-bond acceptors (Lipinski definition) is 2. The average molecular weight is 227 g/mol. The highest BCUT2D eigenvalue weighted by Crippen LogP contribution is 2.27. The predicted molar refractivity (Wildman–Crippen MR) is 53.3 cm³/mol. The van der Waals surface area contributed by atoms with Gasteiger partial charge in [-0.1, -0.05) is 18.2 Å². The summed E-state index contributed by atoms with van der Waals surface area (Å²) in [6, 6.07) is 8.87. The number of hydrogen-bond donors (Lipinski definition) is 2. The van der Waals surface area contributed by atoms with Gasteiger partial charge < -0.3 is 10.3 Å². The fourth-order valence-corrected chi connectivity index (χ4v) is 1.21. The fraction of sp³-hybridized carbons (Fsp3) is 0.100. The zero-order chi connectivity index (χ0) is 11.6. The normalized spacial score (nSPS) is 11.4. The van der Waals surface area contributed by atoms with Gasteiger partial charge in [-0.3, -0.25) is 0 Å². The van der Waals surface area contributed by atoms with E-state index in [0.29, 0.717) is 5.69 Å². The third kappa shape index (κ3) is 2.33. The van der Waals surface area contributed by atoms with Crippen LogP contribution in [-0.2, 0) is 6.18 Å². The molecule has 0 amide bonds. The second-order valence-corrected chi connectivity index (χ2v) is 3.13. The van der Waals surface area contributed by atoms with Crippen LogP contribution in [0.15, 0.2) is 36.5 Å². The summed E-state index contributed by atoms with van der Waals surface area (Å²) in [6.45, 7) is 0. The Morgan fingerprint density at radius 2 is 1.81 bits per heavy atom. The average Bonchev–Trinajstić information content (AvgIpc) is 2.67. The van der Waals surface area contributed by atoms with Crippen LogP contribution in [0.5, 0.6) is 0 Å². The van der Waals surface area contributed by atoms with Crippen molar-refractivity contribution in [2.75, 3.05) is 5.32 Å². The largest absolute Gasteiger partial charge is 0.449 e. The first-order chi connectivity index (χ1) is 7.55. The number of alkyl halides is 3. The van der Waals surface area contributed by atoms with Gasteiger partial charge in [-0.25, -0.2) is 4.98 Å². The van der Waals surface area contributed by atoms with E-state index in [4.69, 9.17) is 0 Å². The molecule has 1 aromatic carbocycles. The minimum Gasteiger partial charge on any atom is -0.340 e. The molecule has 0 fully saturated rings. The van der Waals surface area contributed by atoms with E-state index in [1.165, 1.54) is 0 Å². The first-order valence-electron chi connectivity index (χ1n) is 4.50. The van der Waals surface area contributed by atoms with E-state index in [1.807, 2.05) is 6.07 Å². The molecule has 16 heavy (non-hydrogen) atoms. The summed E-state index contributed by atoms with van der Waals surface area (Å²) in [5.41, 5.74) is 0.694. The molecular formula is C10H8F3N3. The number of anilines is 2. The van der Waals surface area contributed by atoms with E-state index < -0.39 is 12.0 Å². The molecule has 0 aliphatic rings. The van der Waals surface area contributed by atoms with Crippen LogP contribution in [0, 0.1) is 0 Å². The Balaban J connectivity index is 2.15. The molecule has 0 spiro atoms. The predicted octanol–water partition coefficient (Wildman–Crippen LogP) is 3.17. The summed E-state index contributed by atoms with van der Waals surface area (Å²) in [5.74, 6) is -0.801. The van der Waals surface area contributed by atoms with Crippen LogP contribution in [-0.4, -0.2) is 9.97 Å². The maximum absolute atomic E-state index is 12.2. The number of imidazole rings is 1. The van der Waals surface area contributed by atoms with Crippen molar-refractivity contribution in [3.63, 3.8) is 0 Å². The van der Waals surface area contributed by atoms with Gasteiger partial charge in [-0.05, 0) is 12.1 Å². The lowest BCUT2D eigenvalue weighted by molar-refractivity contribution is -0.144. The lowest BCUT2D eigenvalue weighted by Gasteiger charge is -2.03. The van der Waals surface area contributed by atoms with E-state index in [-0.39, 0.29) is 5.82 Å². The smallest absolute Gasteiger partial charge is 0.340 e. The van der Waals surface area contributed by atoms with Crippen molar-refractivity contribution in [1.82, 2.24) is 9.97 Å². The SMILES string of the molecule is FC(F)(F)c1ncc(Nc2ccccc2)[nH]1. The molecule has 2 aromatic rings. The van der Waals surface area contributed by atoms with Crippen LogP contribution in [0.1, 0.15) is 5.82 Å². The van der Waals surface area contributed by atoms with Crippen molar-refractivity contribution in [3.05, 3.63) is 42.4 Å². The van der Waals surface area contributed by atoms with Crippen LogP contribution in [0.3, 0.4) is 0 Å². The molecule has 0 aliphatic carbocycles. The number of nitrogens with zero attached hydrogens (tertiary/aromatic N) is 1. The van der Waals surface area contributed by atoms with Crippen LogP contribution >= 0.6 is 0 Å². The monoisotopic (exact) mass is 227 g/mol. The van der Waals surface area contributed by atoms with E-state index in [2.05, 4.69) is 15.3 Å². The molecule has 6 heteroatoms. The van der Waals surface area contributed by atoms with E-state index >= 15 is 0 Å². The van der Waals surface area contributed by atoms with Gasteiger partial charge in [-0.15, -0.1) is 0 Å². The number of H-pyrrole nitrogens is 1. The minimum absolute atomic E-state index is 0.207. The van der Waals surface area contributed by atoms with Gasteiger partial charge in [0.2, 0.25) is 5.82 Å². The van der Waals surface area contributed by atoms with Crippen molar-refractivity contribution in [1.29, 1.82) is 0 Å². The minimum atomic E-state index is -4.45. The zero-order valence-electron chi connectivity index (χ0n) is 8.05. The van der Waals surface area contributed by atoms with Gasteiger partial charge in [0.1, 0.15) is 5.82 Å². The molecule has 1 heterocycles. The maximum Gasteiger partial charge on any atom is 0.449 e. The molecule has 0 bridgehead atoms. The van der Waals surface area contributed by atoms with Gasteiger partial charge in [0.15, 0.2) is 0 Å². The van der Waals surface area contributed by atoms with Crippen LogP contribution in [0.25, 0.3) is 0 Å². The molecule has 1 aromatic heterocycles. The Kier molecular flexibility index (Phi) is 2.55. The number of aromatic amines is 1.